The van der Waals surface area contributed by atoms with Crippen molar-refractivity contribution in [2.75, 3.05) is 18.0 Å². The molecule has 1 aliphatic heterocycles. The summed E-state index contributed by atoms with van der Waals surface area (Å²) in [7, 11) is 0. The first-order chi connectivity index (χ1) is 14.5. The van der Waals surface area contributed by atoms with E-state index in [2.05, 4.69) is 44.5 Å². The maximum atomic E-state index is 12.8. The van der Waals surface area contributed by atoms with E-state index >= 15 is 0 Å². The molecule has 0 bridgehead atoms. The van der Waals surface area contributed by atoms with Crippen LogP contribution < -0.4 is 10.2 Å². The van der Waals surface area contributed by atoms with Crippen LogP contribution in [0.4, 0.5) is 5.82 Å². The molecule has 30 heavy (non-hydrogen) atoms. The molecule has 7 heteroatoms. The van der Waals surface area contributed by atoms with Crippen LogP contribution in [0.3, 0.4) is 0 Å². The summed E-state index contributed by atoms with van der Waals surface area (Å²) in [6.07, 6.45) is 1.87. The molecule has 1 aromatic carbocycles. The van der Waals surface area contributed by atoms with Gasteiger partial charge >= 0.3 is 0 Å². The van der Waals surface area contributed by atoms with Gasteiger partial charge in [0.1, 0.15) is 0 Å². The van der Waals surface area contributed by atoms with Crippen molar-refractivity contribution in [1.82, 2.24) is 20.5 Å². The fourth-order valence-corrected chi connectivity index (χ4v) is 4.82. The number of aryl methyl sites for hydroxylation is 3. The molecule has 156 valence electrons. The van der Waals surface area contributed by atoms with Crippen LogP contribution in [0.2, 0.25) is 0 Å². The Balaban J connectivity index is 1.39. The first-order valence-corrected chi connectivity index (χ1v) is 11.2. The third kappa shape index (κ3) is 4.51. The lowest BCUT2D eigenvalue weighted by atomic mass is 9.97. The van der Waals surface area contributed by atoms with Gasteiger partial charge in [-0.05, 0) is 51.3 Å². The highest BCUT2D eigenvalue weighted by Gasteiger charge is 2.27. The smallest absolute Gasteiger partial charge is 0.225 e. The van der Waals surface area contributed by atoms with E-state index in [0.717, 1.165) is 52.0 Å². The molecule has 1 N–H and O–H groups in total. The minimum atomic E-state index is -0.0362. The second-order valence-electron chi connectivity index (χ2n) is 7.84. The Hall–Kier alpha value is -2.80. The number of nitrogens with zero attached hydrogens (tertiary/aromatic N) is 4. The van der Waals surface area contributed by atoms with Crippen molar-refractivity contribution in [1.29, 1.82) is 0 Å². The maximum absolute atomic E-state index is 12.8. The van der Waals surface area contributed by atoms with E-state index in [1.807, 2.05) is 38.1 Å². The number of hydrogen-bond donors (Lipinski definition) is 1. The van der Waals surface area contributed by atoms with Crippen LogP contribution in [0.1, 0.15) is 34.0 Å². The molecule has 6 nitrogen and oxygen atoms in total. The van der Waals surface area contributed by atoms with Gasteiger partial charge in [-0.1, -0.05) is 24.3 Å². The first-order valence-electron chi connectivity index (χ1n) is 10.4. The molecular formula is C23H27N5OS. The summed E-state index contributed by atoms with van der Waals surface area (Å²) in [5.41, 5.74) is 4.16. The fraction of sp³-hybridized carbons (Fsp3) is 0.391. The third-order valence-electron chi connectivity index (χ3n) is 5.61. The Kier molecular flexibility index (Phi) is 6.08. The number of hydrogen-bond acceptors (Lipinski definition) is 6. The number of nitrogens with one attached hydrogen (secondary N) is 1. The lowest BCUT2D eigenvalue weighted by Gasteiger charge is -2.32. The number of thiazole rings is 1. The number of piperidine rings is 1. The second-order valence-corrected chi connectivity index (χ2v) is 9.12. The van der Waals surface area contributed by atoms with Crippen LogP contribution in [0.5, 0.6) is 0 Å². The number of anilines is 1. The molecule has 0 spiro atoms. The monoisotopic (exact) mass is 421 g/mol. The van der Waals surface area contributed by atoms with Gasteiger partial charge in [-0.15, -0.1) is 21.5 Å². The van der Waals surface area contributed by atoms with Gasteiger partial charge in [0, 0.05) is 23.5 Å². The molecule has 0 aliphatic carbocycles. The molecule has 1 atom stereocenters. The lowest BCUT2D eigenvalue weighted by molar-refractivity contribution is -0.125. The number of rotatable bonds is 5. The standard InChI is InChI=1S/C23H27N5OS/c1-15-7-4-5-9-19(15)20-10-11-22(27-26-20)28-12-6-8-18(14-28)23(29)24-13-21-16(2)25-17(3)30-21/h4-5,7,9-11,18H,6,8,12-14H2,1-3H3,(H,24,29)/t18-/m1/s1. The van der Waals surface area contributed by atoms with Crippen LogP contribution in [-0.2, 0) is 11.3 Å². The van der Waals surface area contributed by atoms with Crippen molar-refractivity contribution in [3.05, 3.63) is 57.5 Å². The summed E-state index contributed by atoms with van der Waals surface area (Å²) >= 11 is 1.65. The topological polar surface area (TPSA) is 71.0 Å². The zero-order chi connectivity index (χ0) is 21.1. The van der Waals surface area contributed by atoms with Crippen molar-refractivity contribution >= 4 is 23.1 Å². The minimum Gasteiger partial charge on any atom is -0.354 e. The maximum Gasteiger partial charge on any atom is 0.225 e. The quantitative estimate of drug-likeness (QED) is 0.673. The molecule has 0 unspecified atom stereocenters. The normalized spacial score (nSPS) is 16.5. The SMILES string of the molecule is Cc1nc(C)c(CNC(=O)[C@@H]2CCCN(c3ccc(-c4ccccc4C)nn3)C2)s1. The summed E-state index contributed by atoms with van der Waals surface area (Å²) in [4.78, 5) is 20.5. The molecule has 4 rings (SSSR count). The fourth-order valence-electron chi connectivity index (χ4n) is 3.95. The lowest BCUT2D eigenvalue weighted by Crippen LogP contribution is -2.43. The molecule has 1 aliphatic rings. The number of amides is 1. The number of carbonyl (C=O) groups is 1. The highest BCUT2D eigenvalue weighted by molar-refractivity contribution is 7.11. The van der Waals surface area contributed by atoms with Gasteiger partial charge in [0.15, 0.2) is 5.82 Å². The molecule has 1 fully saturated rings. The van der Waals surface area contributed by atoms with Crippen molar-refractivity contribution in [3.8, 4) is 11.3 Å². The number of benzene rings is 1. The Morgan fingerprint density at radius 3 is 2.70 bits per heavy atom. The molecule has 2 aromatic heterocycles. The molecular weight excluding hydrogens is 394 g/mol. The van der Waals surface area contributed by atoms with Gasteiger partial charge < -0.3 is 10.2 Å². The van der Waals surface area contributed by atoms with Crippen LogP contribution in [0.15, 0.2) is 36.4 Å². The summed E-state index contributed by atoms with van der Waals surface area (Å²) in [5.74, 6) is 0.902. The van der Waals surface area contributed by atoms with Crippen LogP contribution >= 0.6 is 11.3 Å². The van der Waals surface area contributed by atoms with Crippen LogP contribution in [0.25, 0.3) is 11.3 Å². The van der Waals surface area contributed by atoms with Crippen molar-refractivity contribution < 1.29 is 4.79 Å². The molecule has 0 radical (unpaired) electrons. The average molecular weight is 422 g/mol. The second kappa shape index (κ2) is 8.92. The van der Waals surface area contributed by atoms with Crippen molar-refractivity contribution in [2.24, 2.45) is 5.92 Å². The predicted molar refractivity (Wildman–Crippen MR) is 121 cm³/mol. The van der Waals surface area contributed by atoms with E-state index in [4.69, 9.17) is 0 Å². The molecule has 1 amide bonds. The van der Waals surface area contributed by atoms with Gasteiger partial charge in [0.05, 0.1) is 28.9 Å². The summed E-state index contributed by atoms with van der Waals surface area (Å²) < 4.78 is 0. The Morgan fingerprint density at radius 2 is 2.00 bits per heavy atom. The largest absolute Gasteiger partial charge is 0.354 e. The van der Waals surface area contributed by atoms with Crippen molar-refractivity contribution in [2.45, 2.75) is 40.2 Å². The summed E-state index contributed by atoms with van der Waals surface area (Å²) in [5, 5.41) is 13.0. The van der Waals surface area contributed by atoms with Crippen LogP contribution in [0, 0.1) is 26.7 Å². The average Bonchev–Trinajstić information content (AvgIpc) is 3.09. The molecule has 3 heterocycles. The molecule has 0 saturated carbocycles. The van der Waals surface area contributed by atoms with E-state index in [0.29, 0.717) is 13.1 Å². The zero-order valence-corrected chi connectivity index (χ0v) is 18.5. The van der Waals surface area contributed by atoms with Gasteiger partial charge in [0.25, 0.3) is 0 Å². The molecule has 3 aromatic rings. The Labute approximate surface area is 181 Å². The van der Waals surface area contributed by atoms with E-state index < -0.39 is 0 Å². The van der Waals surface area contributed by atoms with Gasteiger partial charge in [0.2, 0.25) is 5.91 Å². The first kappa shape index (κ1) is 20.5. The van der Waals surface area contributed by atoms with Crippen LogP contribution in [-0.4, -0.2) is 34.2 Å². The zero-order valence-electron chi connectivity index (χ0n) is 17.7. The predicted octanol–water partition coefficient (Wildman–Crippen LogP) is 4.06. The number of carbonyl (C=O) groups excluding carboxylic acids is 1. The Bertz CT molecular complexity index is 1030. The van der Waals surface area contributed by atoms with Gasteiger partial charge in [-0.2, -0.15) is 0 Å². The summed E-state index contributed by atoms with van der Waals surface area (Å²) in [6.45, 7) is 8.19. The Morgan fingerprint density at radius 1 is 1.17 bits per heavy atom. The van der Waals surface area contributed by atoms with E-state index in [-0.39, 0.29) is 11.8 Å². The van der Waals surface area contributed by atoms with E-state index in [9.17, 15) is 4.79 Å². The van der Waals surface area contributed by atoms with Crippen molar-refractivity contribution in [3.63, 3.8) is 0 Å². The third-order valence-corrected chi connectivity index (χ3v) is 6.68. The summed E-state index contributed by atoms with van der Waals surface area (Å²) in [6, 6.07) is 12.2. The highest BCUT2D eigenvalue weighted by atomic mass is 32.1. The van der Waals surface area contributed by atoms with Gasteiger partial charge in [-0.3, -0.25) is 4.79 Å². The minimum absolute atomic E-state index is 0.0362. The van der Waals surface area contributed by atoms with E-state index in [1.165, 1.54) is 5.56 Å². The molecule has 1 saturated heterocycles. The number of aromatic nitrogens is 3. The van der Waals surface area contributed by atoms with Gasteiger partial charge in [-0.25, -0.2) is 4.98 Å². The van der Waals surface area contributed by atoms with E-state index in [1.54, 1.807) is 11.3 Å². The highest BCUT2D eigenvalue weighted by Crippen LogP contribution is 2.25.